The van der Waals surface area contributed by atoms with Crippen molar-refractivity contribution in [2.75, 3.05) is 0 Å². The van der Waals surface area contributed by atoms with E-state index in [1.54, 1.807) is 0 Å². The summed E-state index contributed by atoms with van der Waals surface area (Å²) in [6.07, 6.45) is -5.77. The van der Waals surface area contributed by atoms with Crippen LogP contribution in [0.2, 0.25) is 0 Å². The first-order valence-electron chi connectivity index (χ1n) is 4.53. The number of aryl methyl sites for hydroxylation is 1. The highest BCUT2D eigenvalue weighted by molar-refractivity contribution is 5.85. The Bertz CT molecular complexity index is 417. The summed E-state index contributed by atoms with van der Waals surface area (Å²) in [6, 6.07) is -0.00286. The van der Waals surface area contributed by atoms with E-state index in [4.69, 9.17) is 5.73 Å². The van der Waals surface area contributed by atoms with Gasteiger partial charge in [-0.15, -0.1) is 12.4 Å². The number of rotatable bonds is 2. The third-order valence-corrected chi connectivity index (χ3v) is 2.32. The third-order valence-electron chi connectivity index (χ3n) is 2.32. The molecule has 0 amide bonds. The van der Waals surface area contributed by atoms with Crippen LogP contribution in [-0.2, 0) is 0 Å². The Kier molecular flexibility index (Phi) is 5.07. The van der Waals surface area contributed by atoms with Gasteiger partial charge in [0.15, 0.2) is 0 Å². The van der Waals surface area contributed by atoms with E-state index in [0.29, 0.717) is 6.07 Å². The molecule has 0 unspecified atom stereocenters. The molecule has 0 aliphatic heterocycles. The summed E-state index contributed by atoms with van der Waals surface area (Å²) in [5, 5.41) is 0. The molecular weight excluding hydrogens is 284 g/mol. The van der Waals surface area contributed by atoms with E-state index in [1.807, 2.05) is 0 Å². The Morgan fingerprint density at radius 3 is 2.00 bits per heavy atom. The van der Waals surface area contributed by atoms with Crippen LogP contribution < -0.4 is 5.73 Å². The first-order chi connectivity index (χ1) is 7.57. The number of benzene rings is 1. The van der Waals surface area contributed by atoms with Crippen molar-refractivity contribution >= 4 is 12.4 Å². The Balaban J connectivity index is 0.00000289. The Morgan fingerprint density at radius 1 is 1.11 bits per heavy atom. The highest BCUT2D eigenvalue weighted by Crippen LogP contribution is 2.43. The molecule has 1 rings (SSSR count). The van der Waals surface area contributed by atoms with Gasteiger partial charge in [0.05, 0.1) is 0 Å². The summed E-state index contributed by atoms with van der Waals surface area (Å²) in [7, 11) is 0. The van der Waals surface area contributed by atoms with Crippen molar-refractivity contribution in [2.24, 2.45) is 5.73 Å². The van der Waals surface area contributed by atoms with Crippen LogP contribution in [0.25, 0.3) is 0 Å². The quantitative estimate of drug-likeness (QED) is 0.826. The number of hydrogen-bond acceptors (Lipinski definition) is 1. The van der Waals surface area contributed by atoms with E-state index in [0.717, 1.165) is 12.1 Å². The molecule has 0 aliphatic carbocycles. The number of alkyl halides is 5. The SMILES string of the molecule is Cc1ccc([C@H](N)C(F)(F)C(F)(F)F)cc1F.Cl. The minimum absolute atomic E-state index is 0. The second-order valence-electron chi connectivity index (χ2n) is 3.61. The van der Waals surface area contributed by atoms with E-state index < -0.39 is 29.5 Å². The fourth-order valence-corrected chi connectivity index (χ4v) is 1.19. The molecule has 2 N–H and O–H groups in total. The first-order valence-corrected chi connectivity index (χ1v) is 4.53. The minimum Gasteiger partial charge on any atom is -0.319 e. The van der Waals surface area contributed by atoms with Crippen molar-refractivity contribution in [3.8, 4) is 0 Å². The van der Waals surface area contributed by atoms with Crippen LogP contribution in [0.1, 0.15) is 17.2 Å². The summed E-state index contributed by atoms with van der Waals surface area (Å²) < 4.78 is 74.9. The molecule has 1 aromatic carbocycles. The normalized spacial score (nSPS) is 14.0. The smallest absolute Gasteiger partial charge is 0.319 e. The molecule has 0 saturated carbocycles. The Morgan fingerprint density at radius 2 is 1.61 bits per heavy atom. The Hall–Kier alpha value is -0.950. The molecule has 1 aromatic rings. The average Bonchev–Trinajstić information content (AvgIpc) is 2.19. The Labute approximate surface area is 105 Å². The van der Waals surface area contributed by atoms with Gasteiger partial charge < -0.3 is 5.73 Å². The van der Waals surface area contributed by atoms with Gasteiger partial charge in [-0.1, -0.05) is 12.1 Å². The molecule has 0 bridgehead atoms. The van der Waals surface area contributed by atoms with Gasteiger partial charge in [-0.2, -0.15) is 22.0 Å². The molecule has 8 heteroatoms. The van der Waals surface area contributed by atoms with Gasteiger partial charge in [-0.05, 0) is 24.1 Å². The van der Waals surface area contributed by atoms with Gasteiger partial charge in [-0.3, -0.25) is 0 Å². The van der Waals surface area contributed by atoms with Gasteiger partial charge in [0.1, 0.15) is 11.9 Å². The number of nitrogens with two attached hydrogens (primary N) is 1. The zero-order valence-corrected chi connectivity index (χ0v) is 9.88. The lowest BCUT2D eigenvalue weighted by Gasteiger charge is -2.26. The maximum Gasteiger partial charge on any atom is 0.455 e. The lowest BCUT2D eigenvalue weighted by Crippen LogP contribution is -2.45. The summed E-state index contributed by atoms with van der Waals surface area (Å²) in [5.41, 5.74) is 4.38. The molecule has 0 aromatic heterocycles. The summed E-state index contributed by atoms with van der Waals surface area (Å²) in [5.74, 6) is -5.98. The monoisotopic (exact) mass is 293 g/mol. The molecular formula is C10H10ClF6N. The van der Waals surface area contributed by atoms with Crippen LogP contribution in [0, 0.1) is 12.7 Å². The van der Waals surface area contributed by atoms with Gasteiger partial charge >= 0.3 is 12.1 Å². The minimum atomic E-state index is -5.77. The largest absolute Gasteiger partial charge is 0.455 e. The van der Waals surface area contributed by atoms with Crippen molar-refractivity contribution in [3.63, 3.8) is 0 Å². The molecule has 0 heterocycles. The summed E-state index contributed by atoms with van der Waals surface area (Å²) >= 11 is 0. The number of halogens is 7. The van der Waals surface area contributed by atoms with E-state index in [2.05, 4.69) is 0 Å². The van der Waals surface area contributed by atoms with Crippen LogP contribution in [0.5, 0.6) is 0 Å². The standard InChI is InChI=1S/C10H9F6N.ClH/c1-5-2-3-6(4-7(5)11)8(17)9(12,13)10(14,15)16;/h2-4,8H,17H2,1H3;1H/t8-;/m0./s1. The predicted molar refractivity (Wildman–Crippen MR) is 56.3 cm³/mol. The molecule has 0 radical (unpaired) electrons. The van der Waals surface area contributed by atoms with Crippen molar-refractivity contribution in [1.82, 2.24) is 0 Å². The van der Waals surface area contributed by atoms with Crippen LogP contribution in [0.15, 0.2) is 18.2 Å². The zero-order chi connectivity index (χ0) is 13.4. The first kappa shape index (κ1) is 17.1. The third kappa shape index (κ3) is 3.08. The van der Waals surface area contributed by atoms with Gasteiger partial charge in [0.2, 0.25) is 0 Å². The lowest BCUT2D eigenvalue weighted by molar-refractivity contribution is -0.291. The van der Waals surface area contributed by atoms with Crippen LogP contribution in [0.4, 0.5) is 26.3 Å². The van der Waals surface area contributed by atoms with Crippen molar-refractivity contribution in [3.05, 3.63) is 35.1 Å². The predicted octanol–water partition coefficient (Wildman–Crippen LogP) is 3.75. The van der Waals surface area contributed by atoms with Crippen LogP contribution >= 0.6 is 12.4 Å². The molecule has 1 atom stereocenters. The molecule has 104 valence electrons. The van der Waals surface area contributed by atoms with Gasteiger partial charge in [0.25, 0.3) is 0 Å². The molecule has 0 aliphatic rings. The second-order valence-corrected chi connectivity index (χ2v) is 3.61. The van der Waals surface area contributed by atoms with Crippen LogP contribution in [-0.4, -0.2) is 12.1 Å². The molecule has 0 saturated heterocycles. The van der Waals surface area contributed by atoms with Crippen molar-refractivity contribution < 1.29 is 26.3 Å². The highest BCUT2D eigenvalue weighted by atomic mass is 35.5. The van der Waals surface area contributed by atoms with E-state index in [-0.39, 0.29) is 18.0 Å². The molecule has 0 spiro atoms. The molecule has 18 heavy (non-hydrogen) atoms. The summed E-state index contributed by atoms with van der Waals surface area (Å²) in [6.45, 7) is 1.35. The lowest BCUT2D eigenvalue weighted by atomic mass is 9.99. The average molecular weight is 294 g/mol. The molecule has 1 nitrogen and oxygen atoms in total. The molecule has 0 fully saturated rings. The fourth-order valence-electron chi connectivity index (χ4n) is 1.19. The van der Waals surface area contributed by atoms with E-state index in [9.17, 15) is 26.3 Å². The zero-order valence-electron chi connectivity index (χ0n) is 9.06. The highest BCUT2D eigenvalue weighted by Gasteiger charge is 2.61. The summed E-state index contributed by atoms with van der Waals surface area (Å²) in [4.78, 5) is 0. The van der Waals surface area contributed by atoms with E-state index >= 15 is 0 Å². The fraction of sp³-hybridized carbons (Fsp3) is 0.400. The maximum absolute atomic E-state index is 13.0. The number of hydrogen-bond donors (Lipinski definition) is 1. The van der Waals surface area contributed by atoms with Gasteiger partial charge in [-0.25, -0.2) is 4.39 Å². The van der Waals surface area contributed by atoms with Crippen molar-refractivity contribution in [1.29, 1.82) is 0 Å². The topological polar surface area (TPSA) is 26.0 Å². The van der Waals surface area contributed by atoms with E-state index in [1.165, 1.54) is 6.92 Å². The maximum atomic E-state index is 13.0. The second kappa shape index (κ2) is 5.36. The van der Waals surface area contributed by atoms with Gasteiger partial charge in [0, 0.05) is 0 Å². The van der Waals surface area contributed by atoms with Crippen molar-refractivity contribution in [2.45, 2.75) is 25.1 Å². The van der Waals surface area contributed by atoms with Crippen LogP contribution in [0.3, 0.4) is 0 Å².